The second kappa shape index (κ2) is 5.29. The number of fused-ring (bicyclic) bond motifs is 1. The van der Waals surface area contributed by atoms with Gasteiger partial charge >= 0.3 is 0 Å². The van der Waals surface area contributed by atoms with E-state index in [1.165, 1.54) is 5.56 Å². The highest BCUT2D eigenvalue weighted by atomic mass is 35.5. The van der Waals surface area contributed by atoms with Crippen LogP contribution < -0.4 is 4.90 Å². The van der Waals surface area contributed by atoms with Gasteiger partial charge in [0.15, 0.2) is 0 Å². The van der Waals surface area contributed by atoms with Gasteiger partial charge in [-0.2, -0.15) is 0 Å². The first kappa shape index (κ1) is 13.2. The first-order valence-electron chi connectivity index (χ1n) is 6.75. The Morgan fingerprint density at radius 1 is 1.15 bits per heavy atom. The van der Waals surface area contributed by atoms with Crippen LogP contribution >= 0.6 is 11.6 Å². The minimum atomic E-state index is 0.167. The lowest BCUT2D eigenvalue weighted by Crippen LogP contribution is -2.33. The van der Waals surface area contributed by atoms with Crippen LogP contribution in [0.4, 0.5) is 5.69 Å². The molecular formula is C17H16ClNO. The monoisotopic (exact) mass is 285 g/mol. The van der Waals surface area contributed by atoms with Crippen molar-refractivity contribution < 1.29 is 4.79 Å². The second-order valence-electron chi connectivity index (χ2n) is 5.21. The average molecular weight is 286 g/mol. The number of benzene rings is 2. The predicted octanol–water partition coefficient (Wildman–Crippen LogP) is 4.03. The molecule has 102 valence electrons. The molecule has 1 amide bonds. The van der Waals surface area contributed by atoms with Gasteiger partial charge in [0.2, 0.25) is 5.91 Å². The zero-order chi connectivity index (χ0) is 14.1. The van der Waals surface area contributed by atoms with E-state index in [1.807, 2.05) is 49.5 Å². The maximum atomic E-state index is 12.1. The molecule has 0 saturated heterocycles. The third-order valence-corrected chi connectivity index (χ3v) is 4.33. The molecule has 1 aliphatic rings. The summed E-state index contributed by atoms with van der Waals surface area (Å²) < 4.78 is 0. The van der Waals surface area contributed by atoms with Crippen molar-refractivity contribution in [1.29, 1.82) is 0 Å². The van der Waals surface area contributed by atoms with Gasteiger partial charge in [-0.3, -0.25) is 4.79 Å². The second-order valence-corrected chi connectivity index (χ2v) is 5.62. The number of halogens is 1. The van der Waals surface area contributed by atoms with Crippen molar-refractivity contribution in [2.75, 3.05) is 11.9 Å². The molecule has 1 aliphatic heterocycles. The normalized spacial score (nSPS) is 18.0. The van der Waals surface area contributed by atoms with Gasteiger partial charge in [0.05, 0.1) is 0 Å². The summed E-state index contributed by atoms with van der Waals surface area (Å²) in [5.41, 5.74) is 3.35. The Balaban J connectivity index is 1.97. The van der Waals surface area contributed by atoms with Crippen molar-refractivity contribution in [3.8, 4) is 0 Å². The largest absolute Gasteiger partial charge is 0.315 e. The quantitative estimate of drug-likeness (QED) is 0.816. The van der Waals surface area contributed by atoms with Gasteiger partial charge in [-0.1, -0.05) is 48.0 Å². The Hall–Kier alpha value is -1.80. The highest BCUT2D eigenvalue weighted by Gasteiger charge is 2.29. The smallest absolute Gasteiger partial charge is 0.227 e. The maximum Gasteiger partial charge on any atom is 0.227 e. The number of rotatable bonds is 2. The highest BCUT2D eigenvalue weighted by molar-refractivity contribution is 6.31. The van der Waals surface area contributed by atoms with Crippen LogP contribution in [0.1, 0.15) is 23.5 Å². The standard InChI is InChI=1S/C17H16ClNO/c1-19-16-9-5-3-7-14(16)13(11-17(19)20)10-12-6-2-4-8-15(12)18/h2-9,13H,10-11H2,1H3. The highest BCUT2D eigenvalue weighted by Crippen LogP contribution is 2.37. The molecule has 2 nitrogen and oxygen atoms in total. The zero-order valence-electron chi connectivity index (χ0n) is 11.3. The summed E-state index contributed by atoms with van der Waals surface area (Å²) in [6.45, 7) is 0. The molecule has 0 aromatic heterocycles. The van der Waals surface area contributed by atoms with Crippen molar-refractivity contribution in [2.24, 2.45) is 0 Å². The molecule has 2 aromatic carbocycles. The van der Waals surface area contributed by atoms with E-state index in [0.717, 1.165) is 22.7 Å². The number of hydrogen-bond acceptors (Lipinski definition) is 1. The summed E-state index contributed by atoms with van der Waals surface area (Å²) in [7, 11) is 1.84. The van der Waals surface area contributed by atoms with Crippen molar-refractivity contribution in [2.45, 2.75) is 18.8 Å². The zero-order valence-corrected chi connectivity index (χ0v) is 12.1. The molecule has 0 fully saturated rings. The number of amides is 1. The number of anilines is 1. The van der Waals surface area contributed by atoms with Crippen LogP contribution in [0.25, 0.3) is 0 Å². The predicted molar refractivity (Wildman–Crippen MR) is 82.4 cm³/mol. The van der Waals surface area contributed by atoms with Crippen LogP contribution in [-0.4, -0.2) is 13.0 Å². The fourth-order valence-corrected chi connectivity index (χ4v) is 3.05. The van der Waals surface area contributed by atoms with Crippen LogP contribution in [0, 0.1) is 0 Å². The first-order valence-corrected chi connectivity index (χ1v) is 7.13. The maximum absolute atomic E-state index is 12.1. The van der Waals surface area contributed by atoms with Gasteiger partial charge in [0.25, 0.3) is 0 Å². The number of para-hydroxylation sites is 1. The van der Waals surface area contributed by atoms with Crippen molar-refractivity contribution in [3.63, 3.8) is 0 Å². The molecule has 2 aromatic rings. The van der Waals surface area contributed by atoms with E-state index >= 15 is 0 Å². The number of nitrogens with zero attached hydrogens (tertiary/aromatic N) is 1. The summed E-state index contributed by atoms with van der Waals surface area (Å²) in [6, 6.07) is 16.0. The molecule has 3 rings (SSSR count). The van der Waals surface area contributed by atoms with E-state index in [-0.39, 0.29) is 11.8 Å². The van der Waals surface area contributed by atoms with Crippen molar-refractivity contribution in [3.05, 3.63) is 64.7 Å². The Bertz CT molecular complexity index is 653. The molecule has 0 spiro atoms. The SMILES string of the molecule is CN1C(=O)CC(Cc2ccccc2Cl)c2ccccc21. The van der Waals surface area contributed by atoms with E-state index in [4.69, 9.17) is 11.6 Å². The third-order valence-electron chi connectivity index (χ3n) is 3.96. The van der Waals surface area contributed by atoms with Gasteiger partial charge < -0.3 is 4.90 Å². The van der Waals surface area contributed by atoms with E-state index < -0.39 is 0 Å². The van der Waals surface area contributed by atoms with E-state index in [0.29, 0.717) is 6.42 Å². The summed E-state index contributed by atoms with van der Waals surface area (Å²) in [4.78, 5) is 13.9. The molecular weight excluding hydrogens is 270 g/mol. The summed E-state index contributed by atoms with van der Waals surface area (Å²) in [5.74, 6) is 0.371. The molecule has 0 saturated carbocycles. The molecule has 0 bridgehead atoms. The molecule has 3 heteroatoms. The average Bonchev–Trinajstić information content (AvgIpc) is 2.47. The summed E-state index contributed by atoms with van der Waals surface area (Å²) in [6.07, 6.45) is 1.34. The van der Waals surface area contributed by atoms with Gasteiger partial charge in [-0.05, 0) is 35.6 Å². The Morgan fingerprint density at radius 2 is 1.85 bits per heavy atom. The molecule has 1 atom stereocenters. The Kier molecular flexibility index (Phi) is 3.49. The van der Waals surface area contributed by atoms with Crippen LogP contribution in [0.3, 0.4) is 0 Å². The Morgan fingerprint density at radius 3 is 2.65 bits per heavy atom. The lowest BCUT2D eigenvalue weighted by Gasteiger charge is -2.31. The van der Waals surface area contributed by atoms with Gasteiger partial charge in [0, 0.05) is 24.2 Å². The molecule has 1 unspecified atom stereocenters. The van der Waals surface area contributed by atoms with Gasteiger partial charge in [-0.15, -0.1) is 0 Å². The third kappa shape index (κ3) is 2.32. The van der Waals surface area contributed by atoms with Crippen LogP contribution in [0.15, 0.2) is 48.5 Å². The fraction of sp³-hybridized carbons (Fsp3) is 0.235. The van der Waals surface area contributed by atoms with Gasteiger partial charge in [0.1, 0.15) is 0 Å². The van der Waals surface area contributed by atoms with Crippen molar-refractivity contribution >= 4 is 23.2 Å². The minimum Gasteiger partial charge on any atom is -0.315 e. The van der Waals surface area contributed by atoms with Crippen molar-refractivity contribution in [1.82, 2.24) is 0 Å². The number of hydrogen-bond donors (Lipinski definition) is 0. The number of carbonyl (C=O) groups excluding carboxylic acids is 1. The van der Waals surface area contributed by atoms with Crippen LogP contribution in [-0.2, 0) is 11.2 Å². The van der Waals surface area contributed by atoms with Crippen LogP contribution in [0.5, 0.6) is 0 Å². The Labute approximate surface area is 124 Å². The van der Waals surface area contributed by atoms with E-state index in [1.54, 1.807) is 4.90 Å². The molecule has 1 heterocycles. The fourth-order valence-electron chi connectivity index (χ4n) is 2.84. The van der Waals surface area contributed by atoms with E-state index in [2.05, 4.69) is 6.07 Å². The summed E-state index contributed by atoms with van der Waals surface area (Å²) >= 11 is 6.24. The topological polar surface area (TPSA) is 20.3 Å². The molecule has 20 heavy (non-hydrogen) atoms. The molecule has 0 N–H and O–H groups in total. The lowest BCUT2D eigenvalue weighted by molar-refractivity contribution is -0.119. The molecule has 0 aliphatic carbocycles. The molecule has 0 radical (unpaired) electrons. The first-order chi connectivity index (χ1) is 9.66. The lowest BCUT2D eigenvalue weighted by atomic mass is 9.85. The van der Waals surface area contributed by atoms with Gasteiger partial charge in [-0.25, -0.2) is 0 Å². The van der Waals surface area contributed by atoms with E-state index in [9.17, 15) is 4.79 Å². The minimum absolute atomic E-state index is 0.167. The number of carbonyl (C=O) groups is 1. The van der Waals surface area contributed by atoms with Crippen LogP contribution in [0.2, 0.25) is 5.02 Å². The summed E-state index contributed by atoms with van der Waals surface area (Å²) in [5, 5.41) is 0.774.